The molecule has 6 heteroatoms. The molecular formula is C18H14ClFN2O2. The van der Waals surface area contributed by atoms with Gasteiger partial charge in [0.2, 0.25) is 0 Å². The Hall–Kier alpha value is -2.66. The number of halogens is 2. The zero-order valence-electron chi connectivity index (χ0n) is 12.8. The van der Waals surface area contributed by atoms with E-state index in [2.05, 4.69) is 10.3 Å². The van der Waals surface area contributed by atoms with Crippen molar-refractivity contribution in [2.75, 3.05) is 11.9 Å². The van der Waals surface area contributed by atoms with Crippen molar-refractivity contribution < 1.29 is 13.9 Å². The lowest BCUT2D eigenvalue weighted by molar-refractivity contribution is -0.118. The molecular weight excluding hydrogens is 331 g/mol. The van der Waals surface area contributed by atoms with E-state index in [1.54, 1.807) is 6.20 Å². The average Bonchev–Trinajstić information content (AvgIpc) is 2.57. The third-order valence-electron chi connectivity index (χ3n) is 3.50. The predicted molar refractivity (Wildman–Crippen MR) is 92.0 cm³/mol. The summed E-state index contributed by atoms with van der Waals surface area (Å²) in [6, 6.07) is 11.2. The van der Waals surface area contributed by atoms with Gasteiger partial charge in [-0.25, -0.2) is 4.39 Å². The number of carbonyl (C=O) groups excluding carboxylic acids is 1. The Morgan fingerprint density at radius 1 is 1.29 bits per heavy atom. The minimum absolute atomic E-state index is 0.118. The van der Waals surface area contributed by atoms with Crippen molar-refractivity contribution in [1.29, 1.82) is 0 Å². The number of aromatic nitrogens is 1. The van der Waals surface area contributed by atoms with E-state index in [0.717, 1.165) is 22.5 Å². The molecule has 0 unspecified atom stereocenters. The van der Waals surface area contributed by atoms with Crippen LogP contribution in [0.4, 0.5) is 10.1 Å². The quantitative estimate of drug-likeness (QED) is 0.765. The van der Waals surface area contributed by atoms with Crippen LogP contribution in [0.5, 0.6) is 5.75 Å². The average molecular weight is 345 g/mol. The third kappa shape index (κ3) is 3.46. The van der Waals surface area contributed by atoms with Gasteiger partial charge in [0.25, 0.3) is 5.91 Å². The Morgan fingerprint density at radius 2 is 2.12 bits per heavy atom. The summed E-state index contributed by atoms with van der Waals surface area (Å²) < 4.78 is 18.3. The van der Waals surface area contributed by atoms with Gasteiger partial charge >= 0.3 is 0 Å². The smallest absolute Gasteiger partial charge is 0.262 e. The summed E-state index contributed by atoms with van der Waals surface area (Å²) in [5.41, 5.74) is 2.51. The zero-order chi connectivity index (χ0) is 17.1. The third-order valence-corrected chi connectivity index (χ3v) is 3.79. The molecule has 0 radical (unpaired) electrons. The lowest BCUT2D eigenvalue weighted by Crippen LogP contribution is -2.20. The molecule has 1 heterocycles. The highest BCUT2D eigenvalue weighted by Crippen LogP contribution is 2.26. The fraction of sp³-hybridized carbons (Fsp3) is 0.111. The summed E-state index contributed by atoms with van der Waals surface area (Å²) in [6.45, 7) is 1.72. The van der Waals surface area contributed by atoms with Crippen LogP contribution < -0.4 is 10.1 Å². The number of carbonyl (C=O) groups is 1. The van der Waals surface area contributed by atoms with Gasteiger partial charge in [0.1, 0.15) is 11.6 Å². The van der Waals surface area contributed by atoms with Crippen molar-refractivity contribution in [1.82, 2.24) is 4.98 Å². The van der Waals surface area contributed by atoms with E-state index in [1.807, 2.05) is 31.2 Å². The summed E-state index contributed by atoms with van der Waals surface area (Å²) in [5.74, 6) is -0.552. The van der Waals surface area contributed by atoms with Crippen molar-refractivity contribution in [3.63, 3.8) is 0 Å². The van der Waals surface area contributed by atoms with E-state index < -0.39 is 5.82 Å². The van der Waals surface area contributed by atoms with Gasteiger partial charge in [-0.2, -0.15) is 0 Å². The summed E-state index contributed by atoms with van der Waals surface area (Å²) >= 11 is 5.86. The Labute approximate surface area is 143 Å². The second-order valence-electron chi connectivity index (χ2n) is 5.24. The van der Waals surface area contributed by atoms with Crippen LogP contribution in [-0.2, 0) is 4.79 Å². The van der Waals surface area contributed by atoms with Gasteiger partial charge in [-0.1, -0.05) is 17.7 Å². The fourth-order valence-corrected chi connectivity index (χ4v) is 2.57. The van der Waals surface area contributed by atoms with Crippen LogP contribution in [0.3, 0.4) is 0 Å². The van der Waals surface area contributed by atoms with Crippen LogP contribution in [-0.4, -0.2) is 17.5 Å². The summed E-state index contributed by atoms with van der Waals surface area (Å²) in [6.07, 6.45) is 1.71. The molecule has 0 saturated heterocycles. The van der Waals surface area contributed by atoms with Crippen LogP contribution in [0, 0.1) is 12.7 Å². The summed E-state index contributed by atoms with van der Waals surface area (Å²) in [5, 5.41) is 3.76. The highest BCUT2D eigenvalue weighted by molar-refractivity contribution is 6.32. The van der Waals surface area contributed by atoms with Crippen LogP contribution in [0.2, 0.25) is 5.02 Å². The van der Waals surface area contributed by atoms with E-state index in [4.69, 9.17) is 16.3 Å². The topological polar surface area (TPSA) is 51.2 Å². The molecule has 2 aromatic carbocycles. The number of amides is 1. The highest BCUT2D eigenvalue weighted by atomic mass is 35.5. The minimum atomic E-state index is -0.463. The number of benzene rings is 2. The molecule has 1 N–H and O–H groups in total. The van der Waals surface area contributed by atoms with Gasteiger partial charge in [0.15, 0.2) is 6.61 Å². The van der Waals surface area contributed by atoms with Gasteiger partial charge in [-0.05, 0) is 48.9 Å². The number of pyridine rings is 1. The maximum Gasteiger partial charge on any atom is 0.262 e. The van der Waals surface area contributed by atoms with Gasteiger partial charge in [-0.3, -0.25) is 9.78 Å². The number of rotatable bonds is 4. The molecule has 3 rings (SSSR count). The molecule has 24 heavy (non-hydrogen) atoms. The van der Waals surface area contributed by atoms with E-state index in [1.165, 1.54) is 12.1 Å². The molecule has 0 aliphatic rings. The Morgan fingerprint density at radius 3 is 2.92 bits per heavy atom. The van der Waals surface area contributed by atoms with Gasteiger partial charge in [0, 0.05) is 11.6 Å². The Kier molecular flexibility index (Phi) is 4.62. The standard InChI is InChI=1S/C18H14ClFN2O2/c1-11-4-6-15(13-3-2-8-21-18(11)13)22-17(23)10-24-16-7-5-12(20)9-14(16)19/h2-9H,10H2,1H3,(H,22,23). The second-order valence-corrected chi connectivity index (χ2v) is 5.65. The number of fused-ring (bicyclic) bond motifs is 1. The first-order valence-corrected chi connectivity index (χ1v) is 7.64. The monoisotopic (exact) mass is 344 g/mol. The number of anilines is 1. The number of hydrogen-bond acceptors (Lipinski definition) is 3. The maximum absolute atomic E-state index is 13.0. The van der Waals surface area contributed by atoms with Crippen LogP contribution >= 0.6 is 11.6 Å². The van der Waals surface area contributed by atoms with E-state index in [9.17, 15) is 9.18 Å². The number of aryl methyl sites for hydroxylation is 1. The van der Waals surface area contributed by atoms with Gasteiger partial charge < -0.3 is 10.1 Å². The Balaban J connectivity index is 1.72. The molecule has 1 amide bonds. The normalized spacial score (nSPS) is 10.6. The fourth-order valence-electron chi connectivity index (χ4n) is 2.34. The largest absolute Gasteiger partial charge is 0.482 e. The van der Waals surface area contributed by atoms with E-state index >= 15 is 0 Å². The van der Waals surface area contributed by atoms with Gasteiger partial charge in [0.05, 0.1) is 16.2 Å². The SMILES string of the molecule is Cc1ccc(NC(=O)COc2ccc(F)cc2Cl)c2cccnc12. The first-order chi connectivity index (χ1) is 11.5. The number of nitrogens with one attached hydrogen (secondary N) is 1. The molecule has 3 aromatic rings. The molecule has 0 aliphatic heterocycles. The maximum atomic E-state index is 13.0. The lowest BCUT2D eigenvalue weighted by atomic mass is 10.1. The van der Waals surface area contributed by atoms with Crippen LogP contribution in [0.25, 0.3) is 10.9 Å². The molecule has 0 spiro atoms. The van der Waals surface area contributed by atoms with Crippen molar-refractivity contribution in [2.24, 2.45) is 0 Å². The molecule has 0 fully saturated rings. The number of hydrogen-bond donors (Lipinski definition) is 1. The molecule has 4 nitrogen and oxygen atoms in total. The van der Waals surface area contributed by atoms with Crippen LogP contribution in [0.1, 0.15) is 5.56 Å². The molecule has 0 bridgehead atoms. The first kappa shape index (κ1) is 16.2. The number of nitrogens with zero attached hydrogens (tertiary/aromatic N) is 1. The zero-order valence-corrected chi connectivity index (χ0v) is 13.6. The molecule has 122 valence electrons. The summed E-state index contributed by atoms with van der Waals surface area (Å²) in [4.78, 5) is 16.4. The van der Waals surface area contributed by atoms with Crippen molar-refractivity contribution >= 4 is 34.1 Å². The predicted octanol–water partition coefficient (Wildman–Crippen LogP) is 4.35. The minimum Gasteiger partial charge on any atom is -0.482 e. The molecule has 0 aliphatic carbocycles. The lowest BCUT2D eigenvalue weighted by Gasteiger charge is -2.11. The highest BCUT2D eigenvalue weighted by Gasteiger charge is 2.10. The van der Waals surface area contributed by atoms with Gasteiger partial charge in [-0.15, -0.1) is 0 Å². The first-order valence-electron chi connectivity index (χ1n) is 7.26. The second kappa shape index (κ2) is 6.84. The number of ether oxygens (including phenoxy) is 1. The van der Waals surface area contributed by atoms with Crippen molar-refractivity contribution in [3.8, 4) is 5.75 Å². The molecule has 1 aromatic heterocycles. The van der Waals surface area contributed by atoms with Crippen molar-refractivity contribution in [2.45, 2.75) is 6.92 Å². The summed E-state index contributed by atoms with van der Waals surface area (Å²) in [7, 11) is 0. The van der Waals surface area contributed by atoms with E-state index in [-0.39, 0.29) is 23.3 Å². The van der Waals surface area contributed by atoms with Crippen molar-refractivity contribution in [3.05, 3.63) is 65.1 Å². The molecule has 0 saturated carbocycles. The van der Waals surface area contributed by atoms with Crippen LogP contribution in [0.15, 0.2) is 48.7 Å². The van der Waals surface area contributed by atoms with E-state index in [0.29, 0.717) is 5.69 Å². The molecule has 0 atom stereocenters. The Bertz CT molecular complexity index is 915.